The summed E-state index contributed by atoms with van der Waals surface area (Å²) in [5.41, 5.74) is 2.01. The van der Waals surface area contributed by atoms with E-state index in [0.29, 0.717) is 6.61 Å². The lowest BCUT2D eigenvalue weighted by Crippen LogP contribution is -2.02. The number of aromatic nitrogens is 1. The van der Waals surface area contributed by atoms with Crippen LogP contribution in [0.1, 0.15) is 30.1 Å². The molecule has 1 rings (SSSR count). The Morgan fingerprint density at radius 3 is 3.00 bits per heavy atom. The summed E-state index contributed by atoms with van der Waals surface area (Å²) in [5.74, 6) is 0. The predicted octanol–water partition coefficient (Wildman–Crippen LogP) is 1.85. The quantitative estimate of drug-likeness (QED) is 0.729. The van der Waals surface area contributed by atoms with Crippen molar-refractivity contribution in [2.24, 2.45) is 0 Å². The van der Waals surface area contributed by atoms with Gasteiger partial charge in [0.1, 0.15) is 0 Å². The number of aryl methyl sites for hydroxylation is 1. The van der Waals surface area contributed by atoms with Gasteiger partial charge in [0.2, 0.25) is 0 Å². The summed E-state index contributed by atoms with van der Waals surface area (Å²) >= 11 is 0. The summed E-state index contributed by atoms with van der Waals surface area (Å²) in [7, 11) is 1.67. The standard InChI is InChI=1S/C11H17NO2/c1-9-8-12-6-5-10(9)11(13)4-3-7-14-2/h5-6,8,11,13H,3-4,7H2,1-2H3. The van der Waals surface area contributed by atoms with Gasteiger partial charge in [-0.05, 0) is 37.0 Å². The highest BCUT2D eigenvalue weighted by molar-refractivity contribution is 5.23. The van der Waals surface area contributed by atoms with E-state index in [0.717, 1.165) is 24.0 Å². The molecule has 0 aliphatic heterocycles. The maximum atomic E-state index is 9.84. The molecule has 3 nitrogen and oxygen atoms in total. The van der Waals surface area contributed by atoms with Gasteiger partial charge in [-0.15, -0.1) is 0 Å². The maximum Gasteiger partial charge on any atom is 0.0794 e. The molecule has 1 aromatic rings. The van der Waals surface area contributed by atoms with Gasteiger partial charge in [0.05, 0.1) is 6.10 Å². The van der Waals surface area contributed by atoms with Gasteiger partial charge in [-0.3, -0.25) is 4.98 Å². The SMILES string of the molecule is COCCCC(O)c1ccncc1C. The molecule has 0 saturated carbocycles. The highest BCUT2D eigenvalue weighted by atomic mass is 16.5. The highest BCUT2D eigenvalue weighted by Crippen LogP contribution is 2.20. The van der Waals surface area contributed by atoms with Crippen molar-refractivity contribution in [3.05, 3.63) is 29.6 Å². The molecule has 1 aromatic heterocycles. The molecule has 0 radical (unpaired) electrons. The van der Waals surface area contributed by atoms with Crippen molar-refractivity contribution in [3.63, 3.8) is 0 Å². The molecule has 1 N–H and O–H groups in total. The van der Waals surface area contributed by atoms with Crippen molar-refractivity contribution in [2.75, 3.05) is 13.7 Å². The lowest BCUT2D eigenvalue weighted by atomic mass is 10.0. The molecule has 0 bridgehead atoms. The summed E-state index contributed by atoms with van der Waals surface area (Å²) in [5, 5.41) is 9.84. The third kappa shape index (κ3) is 3.09. The first-order chi connectivity index (χ1) is 6.75. The monoisotopic (exact) mass is 195 g/mol. The first-order valence-corrected chi connectivity index (χ1v) is 4.83. The molecular formula is C11H17NO2. The van der Waals surface area contributed by atoms with Gasteiger partial charge >= 0.3 is 0 Å². The topological polar surface area (TPSA) is 42.4 Å². The Morgan fingerprint density at radius 2 is 2.36 bits per heavy atom. The highest BCUT2D eigenvalue weighted by Gasteiger charge is 2.09. The Balaban J connectivity index is 2.51. The van der Waals surface area contributed by atoms with Crippen LogP contribution in [0.25, 0.3) is 0 Å². The zero-order valence-corrected chi connectivity index (χ0v) is 8.73. The van der Waals surface area contributed by atoms with E-state index in [1.54, 1.807) is 19.5 Å². The second-order valence-corrected chi connectivity index (χ2v) is 3.38. The molecule has 0 aliphatic rings. The summed E-state index contributed by atoms with van der Waals surface area (Å²) in [4.78, 5) is 3.99. The van der Waals surface area contributed by atoms with Crippen molar-refractivity contribution >= 4 is 0 Å². The second-order valence-electron chi connectivity index (χ2n) is 3.38. The van der Waals surface area contributed by atoms with Crippen LogP contribution < -0.4 is 0 Å². The summed E-state index contributed by atoms with van der Waals surface area (Å²) in [6.45, 7) is 2.66. The molecule has 3 heteroatoms. The van der Waals surface area contributed by atoms with Gasteiger partial charge in [0.25, 0.3) is 0 Å². The third-order valence-electron chi connectivity index (χ3n) is 2.25. The fourth-order valence-corrected chi connectivity index (χ4v) is 1.43. The molecule has 0 amide bonds. The minimum atomic E-state index is -0.395. The van der Waals surface area contributed by atoms with E-state index < -0.39 is 6.10 Å². The van der Waals surface area contributed by atoms with E-state index in [1.165, 1.54) is 0 Å². The van der Waals surface area contributed by atoms with Gasteiger partial charge in [-0.25, -0.2) is 0 Å². The van der Waals surface area contributed by atoms with Crippen LogP contribution in [-0.2, 0) is 4.74 Å². The van der Waals surface area contributed by atoms with Gasteiger partial charge in [0, 0.05) is 26.1 Å². The van der Waals surface area contributed by atoms with Crippen LogP contribution in [0.2, 0.25) is 0 Å². The molecule has 0 spiro atoms. The fraction of sp³-hybridized carbons (Fsp3) is 0.545. The number of hydrogen-bond acceptors (Lipinski definition) is 3. The van der Waals surface area contributed by atoms with Gasteiger partial charge < -0.3 is 9.84 Å². The van der Waals surface area contributed by atoms with Crippen molar-refractivity contribution in [1.82, 2.24) is 4.98 Å². The summed E-state index contributed by atoms with van der Waals surface area (Å²) in [6, 6.07) is 1.87. The van der Waals surface area contributed by atoms with Crippen molar-refractivity contribution in [3.8, 4) is 0 Å². The minimum absolute atomic E-state index is 0.395. The zero-order valence-electron chi connectivity index (χ0n) is 8.73. The Labute approximate surface area is 84.7 Å². The number of ether oxygens (including phenoxy) is 1. The van der Waals surface area contributed by atoms with Crippen LogP contribution in [0.4, 0.5) is 0 Å². The molecular weight excluding hydrogens is 178 g/mol. The molecule has 1 heterocycles. The molecule has 1 unspecified atom stereocenters. The number of pyridine rings is 1. The molecule has 1 atom stereocenters. The smallest absolute Gasteiger partial charge is 0.0794 e. The number of nitrogens with zero attached hydrogens (tertiary/aromatic N) is 1. The summed E-state index contributed by atoms with van der Waals surface area (Å²) < 4.78 is 4.93. The maximum absolute atomic E-state index is 9.84. The van der Waals surface area contributed by atoms with Crippen LogP contribution in [0.15, 0.2) is 18.5 Å². The van der Waals surface area contributed by atoms with Crippen LogP contribution in [0, 0.1) is 6.92 Å². The van der Waals surface area contributed by atoms with E-state index in [1.807, 2.05) is 13.0 Å². The van der Waals surface area contributed by atoms with E-state index in [9.17, 15) is 5.11 Å². The Hall–Kier alpha value is -0.930. The molecule has 0 fully saturated rings. The zero-order chi connectivity index (χ0) is 10.4. The third-order valence-corrected chi connectivity index (χ3v) is 2.25. The van der Waals surface area contributed by atoms with Gasteiger partial charge in [-0.1, -0.05) is 0 Å². The Morgan fingerprint density at radius 1 is 1.57 bits per heavy atom. The number of aliphatic hydroxyl groups is 1. The van der Waals surface area contributed by atoms with Crippen LogP contribution in [0.5, 0.6) is 0 Å². The first kappa shape index (κ1) is 11.1. The lowest BCUT2D eigenvalue weighted by molar-refractivity contribution is 0.135. The molecule has 0 aliphatic carbocycles. The normalized spacial score (nSPS) is 12.8. The van der Waals surface area contributed by atoms with Gasteiger partial charge in [0.15, 0.2) is 0 Å². The Kier molecular flexibility index (Phi) is 4.56. The second kappa shape index (κ2) is 5.73. The Bertz CT molecular complexity index is 276. The number of rotatable bonds is 5. The number of methoxy groups -OCH3 is 1. The lowest BCUT2D eigenvalue weighted by Gasteiger charge is -2.12. The molecule has 14 heavy (non-hydrogen) atoms. The van der Waals surface area contributed by atoms with Gasteiger partial charge in [-0.2, -0.15) is 0 Å². The van der Waals surface area contributed by atoms with E-state index in [4.69, 9.17) is 4.74 Å². The van der Waals surface area contributed by atoms with Crippen LogP contribution in [0.3, 0.4) is 0 Å². The van der Waals surface area contributed by atoms with Crippen molar-refractivity contribution < 1.29 is 9.84 Å². The number of hydrogen-bond donors (Lipinski definition) is 1. The molecule has 78 valence electrons. The van der Waals surface area contributed by atoms with Crippen molar-refractivity contribution in [2.45, 2.75) is 25.9 Å². The average Bonchev–Trinajstić information content (AvgIpc) is 2.18. The number of aliphatic hydroxyl groups excluding tert-OH is 1. The van der Waals surface area contributed by atoms with Crippen LogP contribution in [-0.4, -0.2) is 23.8 Å². The van der Waals surface area contributed by atoms with Crippen LogP contribution >= 0.6 is 0 Å². The first-order valence-electron chi connectivity index (χ1n) is 4.83. The fourth-order valence-electron chi connectivity index (χ4n) is 1.43. The largest absolute Gasteiger partial charge is 0.388 e. The molecule has 0 saturated heterocycles. The summed E-state index contributed by atoms with van der Waals surface area (Å²) in [6.07, 6.45) is 4.70. The molecule has 0 aromatic carbocycles. The van der Waals surface area contributed by atoms with Crippen molar-refractivity contribution in [1.29, 1.82) is 0 Å². The predicted molar refractivity (Wildman–Crippen MR) is 55.0 cm³/mol. The van der Waals surface area contributed by atoms with E-state index >= 15 is 0 Å². The average molecular weight is 195 g/mol. The van der Waals surface area contributed by atoms with E-state index in [-0.39, 0.29) is 0 Å². The minimum Gasteiger partial charge on any atom is -0.388 e. The van der Waals surface area contributed by atoms with E-state index in [2.05, 4.69) is 4.98 Å².